The van der Waals surface area contributed by atoms with Gasteiger partial charge in [-0.25, -0.2) is 4.79 Å². The van der Waals surface area contributed by atoms with Crippen LogP contribution in [0, 0.1) is 5.92 Å². The van der Waals surface area contributed by atoms with Crippen LogP contribution in [-0.4, -0.2) is 18.7 Å². The van der Waals surface area contributed by atoms with Gasteiger partial charge in [0, 0.05) is 19.1 Å². The van der Waals surface area contributed by atoms with Gasteiger partial charge in [0.05, 0.1) is 6.61 Å². The molecule has 1 heterocycles. The minimum Gasteiger partial charge on any atom is -0.459 e. The number of benzene rings is 1. The number of ether oxygens (including phenoxy) is 2. The molecule has 19 heavy (non-hydrogen) atoms. The Labute approximate surface area is 114 Å². The molecule has 1 aliphatic rings. The van der Waals surface area contributed by atoms with E-state index in [-0.39, 0.29) is 12.1 Å². The molecular formula is C16H20O3. The van der Waals surface area contributed by atoms with Crippen LogP contribution in [0.25, 0.3) is 0 Å². The first kappa shape index (κ1) is 13.8. The molecular weight excluding hydrogens is 240 g/mol. The van der Waals surface area contributed by atoms with Crippen molar-refractivity contribution in [1.82, 2.24) is 0 Å². The van der Waals surface area contributed by atoms with E-state index in [2.05, 4.69) is 19.1 Å². The molecule has 0 saturated heterocycles. The Morgan fingerprint density at radius 1 is 1.37 bits per heavy atom. The van der Waals surface area contributed by atoms with Crippen molar-refractivity contribution in [3.8, 4) is 0 Å². The number of rotatable bonds is 6. The molecule has 1 aliphatic heterocycles. The molecule has 102 valence electrons. The first-order chi connectivity index (χ1) is 9.24. The zero-order valence-corrected chi connectivity index (χ0v) is 11.2. The van der Waals surface area contributed by atoms with Gasteiger partial charge in [0.1, 0.15) is 6.10 Å². The van der Waals surface area contributed by atoms with E-state index in [1.165, 1.54) is 11.6 Å². The van der Waals surface area contributed by atoms with Crippen molar-refractivity contribution in [2.24, 2.45) is 5.92 Å². The molecule has 0 fully saturated rings. The van der Waals surface area contributed by atoms with E-state index >= 15 is 0 Å². The summed E-state index contributed by atoms with van der Waals surface area (Å²) in [4.78, 5) is 11.1. The van der Waals surface area contributed by atoms with Crippen LogP contribution >= 0.6 is 0 Å². The molecule has 1 aromatic carbocycles. The molecule has 0 unspecified atom stereocenters. The summed E-state index contributed by atoms with van der Waals surface area (Å²) in [6.07, 6.45) is 5.05. The second kappa shape index (κ2) is 7.10. The summed E-state index contributed by atoms with van der Waals surface area (Å²) in [5.74, 6) is 0.154. The van der Waals surface area contributed by atoms with Crippen LogP contribution in [0.4, 0.5) is 0 Å². The highest BCUT2D eigenvalue weighted by molar-refractivity contribution is 5.82. The van der Waals surface area contributed by atoms with E-state index < -0.39 is 0 Å². The van der Waals surface area contributed by atoms with E-state index in [1.54, 1.807) is 0 Å². The lowest BCUT2D eigenvalue weighted by Gasteiger charge is -2.22. The highest BCUT2D eigenvalue weighted by atomic mass is 16.5. The van der Waals surface area contributed by atoms with Crippen LogP contribution in [0.3, 0.4) is 0 Å². The van der Waals surface area contributed by atoms with Gasteiger partial charge in [-0.3, -0.25) is 0 Å². The van der Waals surface area contributed by atoms with Gasteiger partial charge in [-0.2, -0.15) is 0 Å². The minimum atomic E-state index is -0.228. The number of carbonyl (C=O) groups excluding carboxylic acids is 1. The lowest BCUT2D eigenvalue weighted by molar-refractivity contribution is -0.145. The summed E-state index contributed by atoms with van der Waals surface area (Å²) in [7, 11) is 0. The minimum absolute atomic E-state index is 0.00725. The van der Waals surface area contributed by atoms with Crippen LogP contribution in [-0.2, 0) is 20.9 Å². The van der Waals surface area contributed by atoms with Crippen molar-refractivity contribution in [1.29, 1.82) is 0 Å². The molecule has 0 N–H and O–H groups in total. The van der Waals surface area contributed by atoms with E-state index in [0.29, 0.717) is 19.1 Å². The monoisotopic (exact) mass is 260 g/mol. The van der Waals surface area contributed by atoms with Crippen LogP contribution in [0.15, 0.2) is 42.5 Å². The van der Waals surface area contributed by atoms with Crippen molar-refractivity contribution < 1.29 is 14.3 Å². The highest BCUT2D eigenvalue weighted by Gasteiger charge is 2.18. The van der Waals surface area contributed by atoms with Gasteiger partial charge in [0.15, 0.2) is 0 Å². The number of hydrogen-bond acceptors (Lipinski definition) is 3. The van der Waals surface area contributed by atoms with E-state index in [0.717, 1.165) is 12.8 Å². The van der Waals surface area contributed by atoms with Gasteiger partial charge in [0.25, 0.3) is 0 Å². The molecule has 0 radical (unpaired) electrons. The first-order valence-corrected chi connectivity index (χ1v) is 6.73. The lowest BCUT2D eigenvalue weighted by Crippen LogP contribution is -2.23. The summed E-state index contributed by atoms with van der Waals surface area (Å²) >= 11 is 0. The maximum absolute atomic E-state index is 11.1. The van der Waals surface area contributed by atoms with Crippen LogP contribution < -0.4 is 0 Å². The molecule has 0 saturated carbocycles. The summed E-state index contributed by atoms with van der Waals surface area (Å²) in [6.45, 7) is 3.44. The summed E-state index contributed by atoms with van der Waals surface area (Å²) in [5, 5.41) is 0. The summed E-state index contributed by atoms with van der Waals surface area (Å²) in [5.41, 5.74) is 1.18. The van der Waals surface area contributed by atoms with Gasteiger partial charge in [-0.05, 0) is 17.9 Å². The van der Waals surface area contributed by atoms with Crippen LogP contribution in [0.5, 0.6) is 0 Å². The predicted molar refractivity (Wildman–Crippen MR) is 73.5 cm³/mol. The number of hydrogen-bond donors (Lipinski definition) is 0. The Hall–Kier alpha value is -1.61. The number of carbonyl (C=O) groups is 1. The molecule has 0 aromatic heterocycles. The first-order valence-electron chi connectivity index (χ1n) is 6.73. The smallest absolute Gasteiger partial charge is 0.330 e. The van der Waals surface area contributed by atoms with Crippen molar-refractivity contribution in [3.63, 3.8) is 0 Å². The molecule has 0 aliphatic carbocycles. The maximum atomic E-state index is 11.1. The fraction of sp³-hybridized carbons (Fsp3) is 0.438. The standard InChI is InChI=1S/C16H20O3/c1-13(10-15-8-5-9-16(17)19-15)11-18-12-14-6-3-2-4-7-14/h2-7,9,13,15H,8,10-12H2,1H3/t13-,15+/m1/s1. The molecule has 2 rings (SSSR count). The topological polar surface area (TPSA) is 35.5 Å². The Kier molecular flexibility index (Phi) is 5.16. The molecule has 0 bridgehead atoms. The van der Waals surface area contributed by atoms with Crippen LogP contribution in [0.2, 0.25) is 0 Å². The number of esters is 1. The molecule has 3 heteroatoms. The number of cyclic esters (lactones) is 1. The molecule has 3 nitrogen and oxygen atoms in total. The quantitative estimate of drug-likeness (QED) is 0.737. The second-order valence-electron chi connectivity index (χ2n) is 5.04. The normalized spacial score (nSPS) is 20.1. The van der Waals surface area contributed by atoms with Crippen LogP contribution in [0.1, 0.15) is 25.3 Å². The average molecular weight is 260 g/mol. The Bertz CT molecular complexity index is 425. The van der Waals surface area contributed by atoms with E-state index in [1.807, 2.05) is 24.3 Å². The van der Waals surface area contributed by atoms with Gasteiger partial charge >= 0.3 is 5.97 Å². The maximum Gasteiger partial charge on any atom is 0.330 e. The lowest BCUT2D eigenvalue weighted by atomic mass is 10.0. The average Bonchev–Trinajstić information content (AvgIpc) is 2.40. The van der Waals surface area contributed by atoms with Crippen molar-refractivity contribution in [2.45, 2.75) is 32.5 Å². The molecule has 2 atom stereocenters. The largest absolute Gasteiger partial charge is 0.459 e. The van der Waals surface area contributed by atoms with Crippen molar-refractivity contribution in [2.75, 3.05) is 6.61 Å². The van der Waals surface area contributed by atoms with Crippen molar-refractivity contribution >= 4 is 5.97 Å². The third-order valence-electron chi connectivity index (χ3n) is 3.11. The third kappa shape index (κ3) is 4.87. The second-order valence-corrected chi connectivity index (χ2v) is 5.04. The fourth-order valence-corrected chi connectivity index (χ4v) is 2.18. The summed E-state index contributed by atoms with van der Waals surface area (Å²) < 4.78 is 10.9. The highest BCUT2D eigenvalue weighted by Crippen LogP contribution is 2.17. The van der Waals surface area contributed by atoms with E-state index in [9.17, 15) is 4.79 Å². The Morgan fingerprint density at radius 3 is 2.89 bits per heavy atom. The Morgan fingerprint density at radius 2 is 2.16 bits per heavy atom. The summed E-state index contributed by atoms with van der Waals surface area (Å²) in [6, 6.07) is 10.1. The van der Waals surface area contributed by atoms with Gasteiger partial charge in [-0.1, -0.05) is 43.3 Å². The molecule has 0 spiro atoms. The molecule has 1 aromatic rings. The molecule has 0 amide bonds. The Balaban J connectivity index is 1.66. The SMILES string of the molecule is C[C@@H](COCc1ccccc1)C[C@@H]1CC=CC(=O)O1. The van der Waals surface area contributed by atoms with Gasteiger partial charge in [0.2, 0.25) is 0 Å². The zero-order valence-electron chi connectivity index (χ0n) is 11.2. The fourth-order valence-electron chi connectivity index (χ4n) is 2.18. The third-order valence-corrected chi connectivity index (χ3v) is 3.11. The van der Waals surface area contributed by atoms with Crippen molar-refractivity contribution in [3.05, 3.63) is 48.0 Å². The van der Waals surface area contributed by atoms with Gasteiger partial charge in [-0.15, -0.1) is 0 Å². The zero-order chi connectivity index (χ0) is 13.5. The van der Waals surface area contributed by atoms with E-state index in [4.69, 9.17) is 9.47 Å². The van der Waals surface area contributed by atoms with Gasteiger partial charge < -0.3 is 9.47 Å². The predicted octanol–water partition coefficient (Wildman–Crippen LogP) is 3.10.